The second-order valence-electron chi connectivity index (χ2n) is 6.80. The van der Waals surface area contributed by atoms with E-state index < -0.39 is 10.0 Å². The number of piperidine rings is 1. The van der Waals surface area contributed by atoms with Crippen LogP contribution in [0.1, 0.15) is 12.8 Å². The van der Waals surface area contributed by atoms with E-state index in [1.807, 2.05) is 4.90 Å². The van der Waals surface area contributed by atoms with Crippen molar-refractivity contribution in [2.45, 2.75) is 17.7 Å². The number of hydrogen-bond acceptors (Lipinski definition) is 3. The molecule has 0 aromatic heterocycles. The molecule has 1 amide bonds. The van der Waals surface area contributed by atoms with Gasteiger partial charge in [0.05, 0.1) is 44.0 Å². The summed E-state index contributed by atoms with van der Waals surface area (Å²) in [6.45, 7) is 4.26. The molecular formula is C17H26N3O3S+. The lowest BCUT2D eigenvalue weighted by molar-refractivity contribution is -0.883. The van der Waals surface area contributed by atoms with E-state index >= 15 is 0 Å². The van der Waals surface area contributed by atoms with Crippen LogP contribution in [-0.2, 0) is 14.8 Å². The van der Waals surface area contributed by atoms with Crippen LogP contribution in [0.2, 0.25) is 0 Å². The first-order valence-corrected chi connectivity index (χ1v) is 10.1. The van der Waals surface area contributed by atoms with Crippen molar-refractivity contribution in [3.8, 4) is 0 Å². The number of amides is 1. The average molecular weight is 352 g/mol. The summed E-state index contributed by atoms with van der Waals surface area (Å²) in [5.41, 5.74) is 0. The van der Waals surface area contributed by atoms with Gasteiger partial charge in [0.1, 0.15) is 0 Å². The molecule has 2 aliphatic rings. The van der Waals surface area contributed by atoms with Crippen LogP contribution < -0.4 is 4.90 Å². The number of likely N-dealkylation sites (N-methyl/N-ethyl adjacent to an activating group) is 1. The van der Waals surface area contributed by atoms with Crippen LogP contribution in [0.15, 0.2) is 35.2 Å². The van der Waals surface area contributed by atoms with Crippen molar-refractivity contribution in [2.24, 2.45) is 5.92 Å². The molecule has 1 aromatic rings. The Bertz CT molecular complexity index is 670. The van der Waals surface area contributed by atoms with Gasteiger partial charge in [-0.05, 0) is 25.0 Å². The Balaban J connectivity index is 1.69. The van der Waals surface area contributed by atoms with Crippen LogP contribution in [-0.4, -0.2) is 69.8 Å². The van der Waals surface area contributed by atoms with Gasteiger partial charge in [0.2, 0.25) is 15.9 Å². The fourth-order valence-electron chi connectivity index (χ4n) is 3.47. The van der Waals surface area contributed by atoms with E-state index in [1.165, 1.54) is 9.21 Å². The molecule has 0 radical (unpaired) electrons. The number of carbonyl (C=O) groups is 1. The minimum Gasteiger partial charge on any atom is -0.334 e. The molecule has 1 N–H and O–H groups in total. The summed E-state index contributed by atoms with van der Waals surface area (Å²) in [6, 6.07) is 8.49. The van der Waals surface area contributed by atoms with Gasteiger partial charge >= 0.3 is 0 Å². The first-order valence-electron chi connectivity index (χ1n) is 8.64. The molecule has 0 bridgehead atoms. The monoisotopic (exact) mass is 352 g/mol. The van der Waals surface area contributed by atoms with E-state index in [2.05, 4.69) is 7.05 Å². The van der Waals surface area contributed by atoms with Crippen molar-refractivity contribution in [3.05, 3.63) is 30.3 Å². The molecule has 2 fully saturated rings. The maximum Gasteiger partial charge on any atom is 0.243 e. The van der Waals surface area contributed by atoms with E-state index in [9.17, 15) is 13.2 Å². The Morgan fingerprint density at radius 3 is 2.46 bits per heavy atom. The van der Waals surface area contributed by atoms with Crippen molar-refractivity contribution >= 4 is 15.9 Å². The highest BCUT2D eigenvalue weighted by Crippen LogP contribution is 2.25. The highest BCUT2D eigenvalue weighted by molar-refractivity contribution is 7.89. The SMILES string of the molecule is C[NH+]1CCN(C(=O)[C@H]2CCCN(S(=O)(=O)c3ccccc3)C2)CC1. The Morgan fingerprint density at radius 1 is 1.12 bits per heavy atom. The molecule has 1 atom stereocenters. The Kier molecular flexibility index (Phi) is 5.22. The first-order chi connectivity index (χ1) is 11.5. The molecule has 0 aliphatic carbocycles. The molecule has 2 heterocycles. The van der Waals surface area contributed by atoms with Crippen molar-refractivity contribution < 1.29 is 18.1 Å². The molecule has 132 valence electrons. The number of piperazine rings is 1. The maximum absolute atomic E-state index is 12.8. The van der Waals surface area contributed by atoms with Gasteiger partial charge in [-0.1, -0.05) is 18.2 Å². The lowest BCUT2D eigenvalue weighted by Crippen LogP contribution is -3.12. The minimum absolute atomic E-state index is 0.121. The number of nitrogens with zero attached hydrogens (tertiary/aromatic N) is 2. The first kappa shape index (κ1) is 17.4. The van der Waals surface area contributed by atoms with Crippen molar-refractivity contribution in [1.29, 1.82) is 0 Å². The van der Waals surface area contributed by atoms with Crippen LogP contribution >= 0.6 is 0 Å². The fraction of sp³-hybridized carbons (Fsp3) is 0.588. The average Bonchev–Trinajstić information content (AvgIpc) is 2.62. The maximum atomic E-state index is 12.8. The highest BCUT2D eigenvalue weighted by Gasteiger charge is 2.35. The summed E-state index contributed by atoms with van der Waals surface area (Å²) in [7, 11) is -1.37. The summed E-state index contributed by atoms with van der Waals surface area (Å²) in [5, 5.41) is 0. The van der Waals surface area contributed by atoms with Crippen LogP contribution in [0.4, 0.5) is 0 Å². The summed E-state index contributed by atoms with van der Waals surface area (Å²) in [4.78, 5) is 16.4. The highest BCUT2D eigenvalue weighted by atomic mass is 32.2. The van der Waals surface area contributed by atoms with Crippen molar-refractivity contribution in [2.75, 3.05) is 46.3 Å². The number of rotatable bonds is 3. The normalized spacial score (nSPS) is 24.0. The minimum atomic E-state index is -3.51. The fourth-order valence-corrected chi connectivity index (χ4v) is 5.02. The molecule has 2 aliphatic heterocycles. The third-order valence-electron chi connectivity index (χ3n) is 5.04. The molecule has 7 heteroatoms. The van der Waals surface area contributed by atoms with Crippen LogP contribution in [0.25, 0.3) is 0 Å². The smallest absolute Gasteiger partial charge is 0.243 e. The molecule has 6 nitrogen and oxygen atoms in total. The quantitative estimate of drug-likeness (QED) is 0.794. The largest absolute Gasteiger partial charge is 0.334 e. The third-order valence-corrected chi connectivity index (χ3v) is 6.92. The lowest BCUT2D eigenvalue weighted by atomic mass is 9.98. The number of quaternary nitrogens is 1. The van der Waals surface area contributed by atoms with Gasteiger partial charge < -0.3 is 9.80 Å². The molecule has 2 saturated heterocycles. The Morgan fingerprint density at radius 2 is 1.79 bits per heavy atom. The van der Waals surface area contributed by atoms with E-state index in [1.54, 1.807) is 30.3 Å². The zero-order valence-electron chi connectivity index (χ0n) is 14.1. The predicted molar refractivity (Wildman–Crippen MR) is 91.1 cm³/mol. The van der Waals surface area contributed by atoms with Gasteiger partial charge in [-0.2, -0.15) is 4.31 Å². The Labute approximate surface area is 144 Å². The second-order valence-corrected chi connectivity index (χ2v) is 8.74. The second kappa shape index (κ2) is 7.21. The topological polar surface area (TPSA) is 62.1 Å². The number of benzene rings is 1. The molecule has 24 heavy (non-hydrogen) atoms. The number of hydrogen-bond donors (Lipinski definition) is 1. The Hall–Kier alpha value is -1.44. The van der Waals surface area contributed by atoms with Gasteiger partial charge in [-0.15, -0.1) is 0 Å². The zero-order valence-corrected chi connectivity index (χ0v) is 15.0. The molecule has 0 unspecified atom stereocenters. The van der Waals surface area contributed by atoms with Crippen LogP contribution in [0.3, 0.4) is 0 Å². The molecular weight excluding hydrogens is 326 g/mol. The molecule has 1 aromatic carbocycles. The predicted octanol–water partition coefficient (Wildman–Crippen LogP) is -0.556. The van der Waals surface area contributed by atoms with Gasteiger partial charge in [-0.3, -0.25) is 4.79 Å². The van der Waals surface area contributed by atoms with Crippen molar-refractivity contribution in [1.82, 2.24) is 9.21 Å². The van der Waals surface area contributed by atoms with Gasteiger partial charge in [0, 0.05) is 13.1 Å². The van der Waals surface area contributed by atoms with Gasteiger partial charge in [-0.25, -0.2) is 8.42 Å². The number of nitrogens with one attached hydrogen (secondary N) is 1. The summed E-state index contributed by atoms with van der Waals surface area (Å²) in [5.74, 6) is -0.0916. The van der Waals surface area contributed by atoms with Crippen LogP contribution in [0.5, 0.6) is 0 Å². The third kappa shape index (κ3) is 3.63. The van der Waals surface area contributed by atoms with E-state index in [0.717, 1.165) is 39.0 Å². The summed E-state index contributed by atoms with van der Waals surface area (Å²) in [6.07, 6.45) is 1.51. The summed E-state index contributed by atoms with van der Waals surface area (Å²) < 4.78 is 27.0. The van der Waals surface area contributed by atoms with E-state index in [0.29, 0.717) is 18.0 Å². The van der Waals surface area contributed by atoms with Crippen LogP contribution in [0, 0.1) is 5.92 Å². The summed E-state index contributed by atoms with van der Waals surface area (Å²) >= 11 is 0. The number of sulfonamides is 1. The molecule has 0 saturated carbocycles. The molecule has 0 spiro atoms. The standard InChI is InChI=1S/C17H25N3O3S/c1-18-10-12-19(13-11-18)17(21)15-6-5-9-20(14-15)24(22,23)16-7-3-2-4-8-16/h2-4,7-8,15H,5-6,9-14H2,1H3/p+1/t15-/m0/s1. The van der Waals surface area contributed by atoms with Gasteiger partial charge in [0.25, 0.3) is 0 Å². The van der Waals surface area contributed by atoms with Crippen molar-refractivity contribution in [3.63, 3.8) is 0 Å². The van der Waals surface area contributed by atoms with Gasteiger partial charge in [0.15, 0.2) is 0 Å². The zero-order chi connectivity index (χ0) is 17.2. The lowest BCUT2D eigenvalue weighted by Gasteiger charge is -2.36. The number of carbonyl (C=O) groups excluding carboxylic acids is 1. The van der Waals surface area contributed by atoms with E-state index in [-0.39, 0.29) is 11.8 Å². The van der Waals surface area contributed by atoms with E-state index in [4.69, 9.17) is 0 Å². The molecule has 3 rings (SSSR count).